The molecular weight excluding hydrogens is 493 g/mol. The molecule has 0 fully saturated rings. The van der Waals surface area contributed by atoms with E-state index >= 15 is 0 Å². The summed E-state index contributed by atoms with van der Waals surface area (Å²) in [4.78, 5) is 4.54. The van der Waals surface area contributed by atoms with Crippen molar-refractivity contribution in [2.75, 3.05) is 27.3 Å². The Kier molecular flexibility index (Phi) is 11.0. The maximum atomic E-state index is 10.6. The van der Waals surface area contributed by atoms with E-state index < -0.39 is 6.10 Å². The van der Waals surface area contributed by atoms with E-state index in [4.69, 9.17) is 21.1 Å². The number of methoxy groups -OCH3 is 2. The van der Waals surface area contributed by atoms with Gasteiger partial charge in [-0.3, -0.25) is 0 Å². The molecular formula is C20H27ClIN3O3. The minimum absolute atomic E-state index is 0. The van der Waals surface area contributed by atoms with Crippen LogP contribution in [0.1, 0.15) is 24.2 Å². The Morgan fingerprint density at radius 2 is 1.82 bits per heavy atom. The fourth-order valence-electron chi connectivity index (χ4n) is 2.51. The predicted octanol–water partition coefficient (Wildman–Crippen LogP) is 3.76. The summed E-state index contributed by atoms with van der Waals surface area (Å²) >= 11 is 5.91. The summed E-state index contributed by atoms with van der Waals surface area (Å²) in [6.07, 6.45) is -0.783. The number of guanidine groups is 1. The van der Waals surface area contributed by atoms with Gasteiger partial charge < -0.3 is 25.2 Å². The molecule has 8 heteroatoms. The molecule has 0 spiro atoms. The topological polar surface area (TPSA) is 75.1 Å². The van der Waals surface area contributed by atoms with Crippen LogP contribution in [0.15, 0.2) is 47.5 Å². The molecule has 0 saturated heterocycles. The lowest BCUT2D eigenvalue weighted by atomic mass is 10.1. The summed E-state index contributed by atoms with van der Waals surface area (Å²) in [6.45, 7) is 3.48. The molecule has 1 atom stereocenters. The molecule has 154 valence electrons. The molecule has 0 aliphatic rings. The van der Waals surface area contributed by atoms with Gasteiger partial charge >= 0.3 is 0 Å². The first-order valence-corrected chi connectivity index (χ1v) is 9.11. The number of rotatable bonds is 8. The lowest BCUT2D eigenvalue weighted by Gasteiger charge is -2.18. The van der Waals surface area contributed by atoms with Gasteiger partial charge in [0.05, 0.1) is 26.9 Å². The molecule has 2 rings (SSSR count). The van der Waals surface area contributed by atoms with Crippen LogP contribution in [-0.2, 0) is 6.54 Å². The summed E-state index contributed by atoms with van der Waals surface area (Å²) in [7, 11) is 3.16. The van der Waals surface area contributed by atoms with Crippen molar-refractivity contribution in [1.29, 1.82) is 0 Å². The van der Waals surface area contributed by atoms with Crippen molar-refractivity contribution in [1.82, 2.24) is 10.6 Å². The van der Waals surface area contributed by atoms with Gasteiger partial charge in [0, 0.05) is 23.7 Å². The van der Waals surface area contributed by atoms with Crippen LogP contribution in [0.5, 0.6) is 11.5 Å². The maximum Gasteiger partial charge on any atom is 0.191 e. The van der Waals surface area contributed by atoms with Gasteiger partial charge in [-0.05, 0) is 42.8 Å². The monoisotopic (exact) mass is 519 g/mol. The van der Waals surface area contributed by atoms with Crippen LogP contribution < -0.4 is 20.1 Å². The third kappa shape index (κ3) is 7.37. The Balaban J connectivity index is 0.00000392. The highest BCUT2D eigenvalue weighted by Gasteiger charge is 2.15. The second-order valence-corrected chi connectivity index (χ2v) is 6.26. The Hall–Kier alpha value is -1.71. The van der Waals surface area contributed by atoms with Crippen LogP contribution in [0.2, 0.25) is 5.02 Å². The van der Waals surface area contributed by atoms with Gasteiger partial charge in [-0.15, -0.1) is 24.0 Å². The van der Waals surface area contributed by atoms with Crippen molar-refractivity contribution in [2.24, 2.45) is 4.99 Å². The number of halogens is 2. The van der Waals surface area contributed by atoms with Crippen molar-refractivity contribution in [3.8, 4) is 11.5 Å². The third-order valence-corrected chi connectivity index (χ3v) is 4.19. The van der Waals surface area contributed by atoms with Crippen LogP contribution in [0, 0.1) is 0 Å². The van der Waals surface area contributed by atoms with E-state index in [-0.39, 0.29) is 30.5 Å². The summed E-state index contributed by atoms with van der Waals surface area (Å²) in [5.41, 5.74) is 1.70. The SMILES string of the molecule is CCNC(=NCc1ccc(Cl)cc1)NCC(O)c1cc(OC)ccc1OC.I. The first-order chi connectivity index (χ1) is 13.1. The molecule has 2 aromatic carbocycles. The Bertz CT molecular complexity index is 757. The third-order valence-electron chi connectivity index (χ3n) is 3.94. The molecule has 0 amide bonds. The number of aliphatic hydroxyl groups is 1. The largest absolute Gasteiger partial charge is 0.497 e. The number of hydrogen-bond donors (Lipinski definition) is 3. The fourth-order valence-corrected chi connectivity index (χ4v) is 2.63. The van der Waals surface area contributed by atoms with Crippen molar-refractivity contribution < 1.29 is 14.6 Å². The Labute approximate surface area is 188 Å². The number of hydrogen-bond acceptors (Lipinski definition) is 4. The molecule has 3 N–H and O–H groups in total. The Morgan fingerprint density at radius 3 is 2.43 bits per heavy atom. The minimum Gasteiger partial charge on any atom is -0.497 e. The zero-order valence-electron chi connectivity index (χ0n) is 16.2. The van der Waals surface area contributed by atoms with Gasteiger partial charge in [-0.25, -0.2) is 4.99 Å². The number of aliphatic hydroxyl groups excluding tert-OH is 1. The number of nitrogens with zero attached hydrogens (tertiary/aromatic N) is 1. The highest BCUT2D eigenvalue weighted by molar-refractivity contribution is 14.0. The van der Waals surface area contributed by atoms with E-state index in [0.717, 1.165) is 5.56 Å². The van der Waals surface area contributed by atoms with Gasteiger partial charge in [0.1, 0.15) is 11.5 Å². The number of aliphatic imine (C=N–C) groups is 1. The van der Waals surface area contributed by atoms with Gasteiger partial charge in [0.25, 0.3) is 0 Å². The molecule has 0 aliphatic heterocycles. The Morgan fingerprint density at radius 1 is 1.11 bits per heavy atom. The van der Waals surface area contributed by atoms with Crippen LogP contribution in [0.3, 0.4) is 0 Å². The number of ether oxygens (including phenoxy) is 2. The van der Waals surface area contributed by atoms with Crippen LogP contribution in [0.4, 0.5) is 0 Å². The summed E-state index contributed by atoms with van der Waals surface area (Å²) in [5, 5.41) is 17.6. The van der Waals surface area contributed by atoms with Gasteiger partial charge in [-0.1, -0.05) is 23.7 Å². The first-order valence-electron chi connectivity index (χ1n) is 8.74. The van der Waals surface area contributed by atoms with Crippen LogP contribution in [-0.4, -0.2) is 38.4 Å². The van der Waals surface area contributed by atoms with E-state index in [1.54, 1.807) is 32.4 Å². The zero-order valence-corrected chi connectivity index (χ0v) is 19.3. The highest BCUT2D eigenvalue weighted by atomic mass is 127. The molecule has 28 heavy (non-hydrogen) atoms. The molecule has 0 aliphatic carbocycles. The highest BCUT2D eigenvalue weighted by Crippen LogP contribution is 2.29. The lowest BCUT2D eigenvalue weighted by molar-refractivity contribution is 0.176. The maximum absolute atomic E-state index is 10.6. The summed E-state index contributed by atoms with van der Waals surface area (Å²) in [6, 6.07) is 12.9. The molecule has 6 nitrogen and oxygen atoms in total. The van der Waals surface area contributed by atoms with E-state index in [2.05, 4.69) is 15.6 Å². The van der Waals surface area contributed by atoms with Crippen LogP contribution >= 0.6 is 35.6 Å². The molecule has 0 aromatic heterocycles. The molecule has 0 bridgehead atoms. The lowest BCUT2D eigenvalue weighted by Crippen LogP contribution is -2.39. The number of benzene rings is 2. The normalized spacial score (nSPS) is 12.0. The summed E-state index contributed by atoms with van der Waals surface area (Å²) < 4.78 is 10.6. The van der Waals surface area contributed by atoms with Gasteiger partial charge in [0.15, 0.2) is 5.96 Å². The summed E-state index contributed by atoms with van der Waals surface area (Å²) in [5.74, 6) is 1.88. The molecule has 0 saturated carbocycles. The molecule has 0 heterocycles. The van der Waals surface area contributed by atoms with E-state index in [1.165, 1.54) is 0 Å². The van der Waals surface area contributed by atoms with Gasteiger partial charge in [-0.2, -0.15) is 0 Å². The average Bonchev–Trinajstić information content (AvgIpc) is 2.70. The molecule has 0 radical (unpaired) electrons. The van der Waals surface area contributed by atoms with Crippen LogP contribution in [0.25, 0.3) is 0 Å². The smallest absolute Gasteiger partial charge is 0.191 e. The van der Waals surface area contributed by atoms with E-state index in [9.17, 15) is 5.11 Å². The predicted molar refractivity (Wildman–Crippen MR) is 124 cm³/mol. The molecule has 2 aromatic rings. The van der Waals surface area contributed by atoms with Crippen molar-refractivity contribution in [3.63, 3.8) is 0 Å². The zero-order chi connectivity index (χ0) is 19.6. The van der Waals surface area contributed by atoms with E-state index in [0.29, 0.717) is 41.1 Å². The quantitative estimate of drug-likeness (QED) is 0.281. The van der Waals surface area contributed by atoms with E-state index in [1.807, 2.05) is 31.2 Å². The fraction of sp³-hybridized carbons (Fsp3) is 0.350. The number of nitrogens with one attached hydrogen (secondary N) is 2. The van der Waals surface area contributed by atoms with Gasteiger partial charge in [0.2, 0.25) is 0 Å². The standard InChI is InChI=1S/C20H26ClN3O3.HI/c1-4-22-20(23-12-14-5-7-15(21)8-6-14)24-13-18(25)17-11-16(26-2)9-10-19(17)27-3;/h5-11,18,25H,4,12-13H2,1-3H3,(H2,22,23,24);1H. The minimum atomic E-state index is -0.783. The van der Waals surface area contributed by atoms with Crippen molar-refractivity contribution >= 4 is 41.5 Å². The van der Waals surface area contributed by atoms with Crippen molar-refractivity contribution in [2.45, 2.75) is 19.6 Å². The molecule has 1 unspecified atom stereocenters. The van der Waals surface area contributed by atoms with Crippen molar-refractivity contribution in [3.05, 3.63) is 58.6 Å². The average molecular weight is 520 g/mol. The second-order valence-electron chi connectivity index (χ2n) is 5.83. The second kappa shape index (κ2) is 12.7. The first kappa shape index (κ1) is 24.3.